The van der Waals surface area contributed by atoms with E-state index in [0.717, 1.165) is 31.0 Å². The second-order valence-corrected chi connectivity index (χ2v) is 6.59. The van der Waals surface area contributed by atoms with Crippen LogP contribution in [0.1, 0.15) is 43.0 Å². The molecule has 1 saturated heterocycles. The standard InChI is InChI=1S/C17H22ClNO/c18-16(14-7-2-1-3-8-14)17(20)19-11-10-13-6-4-5-9-15(13)12-19/h1-3,7-8,13,15-16H,4-6,9-12H2. The molecule has 108 valence electrons. The zero-order valence-electron chi connectivity index (χ0n) is 11.8. The van der Waals surface area contributed by atoms with E-state index >= 15 is 0 Å². The molecule has 0 aromatic heterocycles. The van der Waals surface area contributed by atoms with Crippen LogP contribution in [0.25, 0.3) is 0 Å². The van der Waals surface area contributed by atoms with Crippen molar-refractivity contribution in [2.75, 3.05) is 13.1 Å². The van der Waals surface area contributed by atoms with Gasteiger partial charge in [0, 0.05) is 13.1 Å². The van der Waals surface area contributed by atoms with Crippen LogP contribution in [0.15, 0.2) is 30.3 Å². The molecule has 1 heterocycles. The number of likely N-dealkylation sites (tertiary alicyclic amines) is 1. The lowest BCUT2D eigenvalue weighted by Gasteiger charge is -2.41. The molecule has 1 aromatic rings. The lowest BCUT2D eigenvalue weighted by molar-refractivity contribution is -0.134. The molecule has 0 spiro atoms. The van der Waals surface area contributed by atoms with Crippen molar-refractivity contribution < 1.29 is 4.79 Å². The quantitative estimate of drug-likeness (QED) is 0.754. The summed E-state index contributed by atoms with van der Waals surface area (Å²) in [5, 5.41) is -0.531. The van der Waals surface area contributed by atoms with Gasteiger partial charge in [0.15, 0.2) is 0 Å². The molecule has 1 aromatic carbocycles. The number of rotatable bonds is 2. The van der Waals surface area contributed by atoms with Gasteiger partial charge in [-0.3, -0.25) is 4.79 Å². The predicted molar refractivity (Wildman–Crippen MR) is 81.7 cm³/mol. The summed E-state index contributed by atoms with van der Waals surface area (Å²) in [6.45, 7) is 1.80. The van der Waals surface area contributed by atoms with Crippen molar-refractivity contribution in [3.8, 4) is 0 Å². The van der Waals surface area contributed by atoms with Crippen molar-refractivity contribution in [2.45, 2.75) is 37.5 Å². The third-order valence-electron chi connectivity index (χ3n) is 4.91. The lowest BCUT2D eigenvalue weighted by Crippen LogP contribution is -2.45. The van der Waals surface area contributed by atoms with Crippen LogP contribution in [0.2, 0.25) is 0 Å². The number of benzene rings is 1. The topological polar surface area (TPSA) is 20.3 Å². The van der Waals surface area contributed by atoms with Crippen molar-refractivity contribution in [3.63, 3.8) is 0 Å². The van der Waals surface area contributed by atoms with Crippen LogP contribution < -0.4 is 0 Å². The van der Waals surface area contributed by atoms with Gasteiger partial charge in [0.25, 0.3) is 0 Å². The normalized spacial score (nSPS) is 27.8. The first kappa shape index (κ1) is 13.9. The maximum atomic E-state index is 12.6. The summed E-state index contributed by atoms with van der Waals surface area (Å²) < 4.78 is 0. The van der Waals surface area contributed by atoms with Gasteiger partial charge < -0.3 is 4.90 Å². The van der Waals surface area contributed by atoms with Gasteiger partial charge in [-0.1, -0.05) is 49.6 Å². The Hall–Kier alpha value is -1.02. The Labute approximate surface area is 126 Å². The molecule has 3 atom stereocenters. The molecule has 0 N–H and O–H groups in total. The van der Waals surface area contributed by atoms with Gasteiger partial charge in [0.2, 0.25) is 5.91 Å². The molecule has 0 bridgehead atoms. The van der Waals surface area contributed by atoms with E-state index in [1.54, 1.807) is 0 Å². The van der Waals surface area contributed by atoms with Gasteiger partial charge in [-0.05, 0) is 30.2 Å². The van der Waals surface area contributed by atoms with Crippen molar-refractivity contribution >= 4 is 17.5 Å². The van der Waals surface area contributed by atoms with Crippen LogP contribution in [-0.4, -0.2) is 23.9 Å². The van der Waals surface area contributed by atoms with E-state index in [4.69, 9.17) is 11.6 Å². The molecule has 1 aliphatic carbocycles. The van der Waals surface area contributed by atoms with E-state index in [1.165, 1.54) is 25.7 Å². The molecule has 2 fully saturated rings. The molecular weight excluding hydrogens is 270 g/mol. The second-order valence-electron chi connectivity index (χ2n) is 6.15. The fraction of sp³-hybridized carbons (Fsp3) is 0.588. The second kappa shape index (κ2) is 6.17. The van der Waals surface area contributed by atoms with Crippen LogP contribution in [0.3, 0.4) is 0 Å². The number of piperidine rings is 1. The SMILES string of the molecule is O=C(C(Cl)c1ccccc1)N1CCC2CCCCC2C1. The molecule has 3 unspecified atom stereocenters. The van der Waals surface area contributed by atoms with E-state index in [9.17, 15) is 4.79 Å². The summed E-state index contributed by atoms with van der Waals surface area (Å²) in [5.74, 6) is 1.64. The maximum Gasteiger partial charge on any atom is 0.245 e. The molecule has 2 aliphatic rings. The Morgan fingerprint density at radius 1 is 1.10 bits per heavy atom. The number of amides is 1. The molecular formula is C17H22ClNO. The minimum absolute atomic E-state index is 0.0851. The van der Waals surface area contributed by atoms with E-state index in [0.29, 0.717) is 5.92 Å². The highest BCUT2D eigenvalue weighted by Gasteiger charge is 2.34. The van der Waals surface area contributed by atoms with Gasteiger partial charge in [-0.2, -0.15) is 0 Å². The Kier molecular flexibility index (Phi) is 4.30. The first-order valence-corrected chi connectivity index (χ1v) is 8.17. The molecule has 1 amide bonds. The minimum atomic E-state index is -0.531. The minimum Gasteiger partial charge on any atom is -0.341 e. The summed E-state index contributed by atoms with van der Waals surface area (Å²) >= 11 is 6.37. The zero-order chi connectivity index (χ0) is 13.9. The van der Waals surface area contributed by atoms with E-state index in [2.05, 4.69) is 0 Å². The highest BCUT2D eigenvalue weighted by atomic mass is 35.5. The number of carbonyl (C=O) groups is 1. The first-order valence-electron chi connectivity index (χ1n) is 7.73. The maximum absolute atomic E-state index is 12.6. The summed E-state index contributed by atoms with van der Waals surface area (Å²) in [6.07, 6.45) is 6.50. The van der Waals surface area contributed by atoms with Crippen molar-refractivity contribution in [2.24, 2.45) is 11.8 Å². The van der Waals surface area contributed by atoms with Gasteiger partial charge in [0.05, 0.1) is 0 Å². The third-order valence-corrected chi connectivity index (χ3v) is 5.35. The average molecular weight is 292 g/mol. The molecule has 1 saturated carbocycles. The highest BCUT2D eigenvalue weighted by molar-refractivity contribution is 6.30. The number of hydrogen-bond acceptors (Lipinski definition) is 1. The number of nitrogens with zero attached hydrogens (tertiary/aromatic N) is 1. The summed E-state index contributed by atoms with van der Waals surface area (Å²) in [5.41, 5.74) is 0.907. The lowest BCUT2D eigenvalue weighted by atomic mass is 9.75. The van der Waals surface area contributed by atoms with Crippen LogP contribution in [0.5, 0.6) is 0 Å². The average Bonchev–Trinajstić information content (AvgIpc) is 2.54. The van der Waals surface area contributed by atoms with Gasteiger partial charge in [-0.25, -0.2) is 0 Å². The monoisotopic (exact) mass is 291 g/mol. The summed E-state index contributed by atoms with van der Waals surface area (Å²) in [6, 6.07) is 9.69. The van der Waals surface area contributed by atoms with Crippen LogP contribution in [0.4, 0.5) is 0 Å². The van der Waals surface area contributed by atoms with Crippen LogP contribution in [-0.2, 0) is 4.79 Å². The molecule has 3 heteroatoms. The fourth-order valence-electron chi connectivity index (χ4n) is 3.73. The van der Waals surface area contributed by atoms with Gasteiger partial charge in [0.1, 0.15) is 5.38 Å². The number of carbonyl (C=O) groups excluding carboxylic acids is 1. The van der Waals surface area contributed by atoms with E-state index < -0.39 is 5.38 Å². The van der Waals surface area contributed by atoms with Crippen LogP contribution in [0, 0.1) is 11.8 Å². The predicted octanol–water partition coefficient (Wildman–Crippen LogP) is 4.01. The van der Waals surface area contributed by atoms with Gasteiger partial charge >= 0.3 is 0 Å². The molecule has 20 heavy (non-hydrogen) atoms. The number of fused-ring (bicyclic) bond motifs is 1. The highest BCUT2D eigenvalue weighted by Crippen LogP contribution is 2.37. The molecule has 0 radical (unpaired) electrons. The Morgan fingerprint density at radius 2 is 1.80 bits per heavy atom. The summed E-state index contributed by atoms with van der Waals surface area (Å²) in [7, 11) is 0. The fourth-order valence-corrected chi connectivity index (χ4v) is 4.01. The van der Waals surface area contributed by atoms with Crippen molar-refractivity contribution in [1.82, 2.24) is 4.90 Å². The smallest absolute Gasteiger partial charge is 0.245 e. The van der Waals surface area contributed by atoms with E-state index in [-0.39, 0.29) is 5.91 Å². The Bertz CT molecular complexity index is 461. The number of halogens is 1. The Morgan fingerprint density at radius 3 is 2.55 bits per heavy atom. The van der Waals surface area contributed by atoms with Crippen LogP contribution >= 0.6 is 11.6 Å². The largest absolute Gasteiger partial charge is 0.341 e. The van der Waals surface area contributed by atoms with Gasteiger partial charge in [-0.15, -0.1) is 11.6 Å². The first-order chi connectivity index (χ1) is 9.75. The zero-order valence-corrected chi connectivity index (χ0v) is 12.6. The van der Waals surface area contributed by atoms with Crippen molar-refractivity contribution in [3.05, 3.63) is 35.9 Å². The summed E-state index contributed by atoms with van der Waals surface area (Å²) in [4.78, 5) is 14.6. The molecule has 3 rings (SSSR count). The Balaban J connectivity index is 1.65. The molecule has 2 nitrogen and oxygen atoms in total. The molecule has 1 aliphatic heterocycles. The number of alkyl halides is 1. The number of hydrogen-bond donors (Lipinski definition) is 0. The van der Waals surface area contributed by atoms with E-state index in [1.807, 2.05) is 35.2 Å². The van der Waals surface area contributed by atoms with Crippen molar-refractivity contribution in [1.29, 1.82) is 0 Å². The third kappa shape index (κ3) is 2.85.